The van der Waals surface area contributed by atoms with Crippen molar-refractivity contribution in [3.63, 3.8) is 0 Å². The van der Waals surface area contributed by atoms with Gasteiger partial charge in [-0.3, -0.25) is 4.79 Å². The van der Waals surface area contributed by atoms with Gasteiger partial charge >= 0.3 is 12.0 Å². The Labute approximate surface area is 82.9 Å². The van der Waals surface area contributed by atoms with Gasteiger partial charge in [-0.05, 0) is 6.92 Å². The monoisotopic (exact) mass is 198 g/mol. The summed E-state index contributed by atoms with van der Waals surface area (Å²) in [5, 5.41) is 13.3. The fourth-order valence-corrected chi connectivity index (χ4v) is 0.786. The van der Waals surface area contributed by atoms with E-state index in [4.69, 9.17) is 11.5 Å². The van der Waals surface area contributed by atoms with Crippen molar-refractivity contribution in [2.24, 2.45) is 0 Å². The quantitative estimate of drug-likeness (QED) is 0.551. The van der Waals surface area contributed by atoms with Crippen LogP contribution in [-0.4, -0.2) is 29.7 Å². The summed E-state index contributed by atoms with van der Waals surface area (Å²) in [6.07, 6.45) is 5.41. The number of carbonyl (C=O) groups excluding carboxylic acids is 1. The van der Waals surface area contributed by atoms with E-state index in [0.29, 0.717) is 6.42 Å². The summed E-state index contributed by atoms with van der Waals surface area (Å²) in [5.41, 5.74) is 0. The SMILES string of the molecule is C#CCC(C)NC(=O)NCCC(=O)O. The van der Waals surface area contributed by atoms with Crippen LogP contribution in [0.1, 0.15) is 19.8 Å². The van der Waals surface area contributed by atoms with E-state index in [1.165, 1.54) is 0 Å². The summed E-state index contributed by atoms with van der Waals surface area (Å²) in [7, 11) is 0. The zero-order valence-electron chi connectivity index (χ0n) is 8.04. The standard InChI is InChI=1S/C9H14N2O3/c1-3-4-7(2)11-9(14)10-6-5-8(12)13/h1,7H,4-6H2,2H3,(H,12,13)(H2,10,11,14). The van der Waals surface area contributed by atoms with Crippen molar-refractivity contribution < 1.29 is 14.7 Å². The highest BCUT2D eigenvalue weighted by atomic mass is 16.4. The zero-order chi connectivity index (χ0) is 11.0. The maximum absolute atomic E-state index is 11.0. The summed E-state index contributed by atoms with van der Waals surface area (Å²) >= 11 is 0. The average molecular weight is 198 g/mol. The molecule has 0 fully saturated rings. The fraction of sp³-hybridized carbons (Fsp3) is 0.556. The lowest BCUT2D eigenvalue weighted by Gasteiger charge is -2.11. The number of carboxylic acids is 1. The molecule has 0 saturated heterocycles. The lowest BCUT2D eigenvalue weighted by Crippen LogP contribution is -2.41. The molecule has 0 saturated carbocycles. The topological polar surface area (TPSA) is 78.4 Å². The summed E-state index contributed by atoms with van der Waals surface area (Å²) in [4.78, 5) is 21.1. The highest BCUT2D eigenvalue weighted by molar-refractivity contribution is 5.75. The van der Waals surface area contributed by atoms with Gasteiger partial charge < -0.3 is 15.7 Å². The number of aliphatic carboxylic acids is 1. The maximum atomic E-state index is 11.0. The van der Waals surface area contributed by atoms with Crippen LogP contribution in [0.15, 0.2) is 0 Å². The molecule has 0 aromatic heterocycles. The molecule has 1 atom stereocenters. The Morgan fingerprint density at radius 1 is 1.57 bits per heavy atom. The van der Waals surface area contributed by atoms with Crippen LogP contribution in [-0.2, 0) is 4.79 Å². The number of hydrogen-bond donors (Lipinski definition) is 3. The first-order valence-electron chi connectivity index (χ1n) is 4.26. The van der Waals surface area contributed by atoms with Gasteiger partial charge in [-0.2, -0.15) is 0 Å². The van der Waals surface area contributed by atoms with Crippen LogP contribution in [0.5, 0.6) is 0 Å². The van der Waals surface area contributed by atoms with Gasteiger partial charge in [0.2, 0.25) is 0 Å². The van der Waals surface area contributed by atoms with E-state index < -0.39 is 12.0 Å². The summed E-state index contributed by atoms with van der Waals surface area (Å²) in [6, 6.07) is -0.501. The highest BCUT2D eigenvalue weighted by Gasteiger charge is 2.05. The van der Waals surface area contributed by atoms with E-state index in [0.717, 1.165) is 0 Å². The van der Waals surface area contributed by atoms with Crippen molar-refractivity contribution in [3.8, 4) is 12.3 Å². The van der Waals surface area contributed by atoms with Gasteiger partial charge in [0.25, 0.3) is 0 Å². The predicted octanol–water partition coefficient (Wildman–Crippen LogP) is 0.172. The molecule has 5 nitrogen and oxygen atoms in total. The Hall–Kier alpha value is -1.70. The third-order valence-electron chi connectivity index (χ3n) is 1.43. The van der Waals surface area contributed by atoms with Crippen LogP contribution in [0, 0.1) is 12.3 Å². The molecule has 0 spiro atoms. The Balaban J connectivity index is 3.56. The number of urea groups is 1. The number of amides is 2. The van der Waals surface area contributed by atoms with Crippen molar-refractivity contribution >= 4 is 12.0 Å². The van der Waals surface area contributed by atoms with Crippen molar-refractivity contribution in [2.75, 3.05) is 6.54 Å². The molecular formula is C9H14N2O3. The molecule has 0 radical (unpaired) electrons. The minimum atomic E-state index is -0.943. The Bertz CT molecular complexity index is 245. The number of nitrogens with one attached hydrogen (secondary N) is 2. The average Bonchev–Trinajstić information content (AvgIpc) is 2.03. The van der Waals surface area contributed by atoms with E-state index in [1.54, 1.807) is 6.92 Å². The number of carboxylic acid groups (broad SMARTS) is 1. The predicted molar refractivity (Wildman–Crippen MR) is 51.7 cm³/mol. The normalized spacial score (nSPS) is 11.1. The van der Waals surface area contributed by atoms with Gasteiger partial charge in [0.05, 0.1) is 6.42 Å². The third kappa shape index (κ3) is 6.98. The van der Waals surface area contributed by atoms with Crippen LogP contribution >= 0.6 is 0 Å². The van der Waals surface area contributed by atoms with Crippen LogP contribution in [0.4, 0.5) is 4.79 Å². The van der Waals surface area contributed by atoms with E-state index >= 15 is 0 Å². The summed E-state index contributed by atoms with van der Waals surface area (Å²) < 4.78 is 0. The molecule has 1 unspecified atom stereocenters. The van der Waals surface area contributed by atoms with Crippen molar-refractivity contribution in [2.45, 2.75) is 25.8 Å². The van der Waals surface area contributed by atoms with Crippen LogP contribution in [0.3, 0.4) is 0 Å². The first-order chi connectivity index (χ1) is 6.56. The van der Waals surface area contributed by atoms with Crippen LogP contribution in [0.25, 0.3) is 0 Å². The van der Waals surface area contributed by atoms with Crippen molar-refractivity contribution in [1.82, 2.24) is 10.6 Å². The molecule has 0 aliphatic heterocycles. The van der Waals surface area contributed by atoms with Gasteiger partial charge in [-0.1, -0.05) is 0 Å². The molecular weight excluding hydrogens is 184 g/mol. The minimum Gasteiger partial charge on any atom is -0.481 e. The highest BCUT2D eigenvalue weighted by Crippen LogP contribution is 1.87. The molecule has 14 heavy (non-hydrogen) atoms. The molecule has 0 rings (SSSR count). The minimum absolute atomic E-state index is 0.0864. The first-order valence-corrected chi connectivity index (χ1v) is 4.26. The van der Waals surface area contributed by atoms with E-state index in [1.807, 2.05) is 0 Å². The molecule has 5 heteroatoms. The zero-order valence-corrected chi connectivity index (χ0v) is 8.04. The van der Waals surface area contributed by atoms with E-state index in [2.05, 4.69) is 16.6 Å². The molecule has 0 aromatic carbocycles. The second kappa shape index (κ2) is 6.78. The number of rotatable bonds is 5. The molecule has 0 aliphatic carbocycles. The van der Waals surface area contributed by atoms with Crippen molar-refractivity contribution in [1.29, 1.82) is 0 Å². The lowest BCUT2D eigenvalue weighted by molar-refractivity contribution is -0.136. The maximum Gasteiger partial charge on any atom is 0.315 e. The Kier molecular flexibility index (Phi) is 5.95. The fourth-order valence-electron chi connectivity index (χ4n) is 0.786. The second-order valence-electron chi connectivity index (χ2n) is 2.85. The van der Waals surface area contributed by atoms with Gasteiger partial charge in [-0.25, -0.2) is 4.79 Å². The first kappa shape index (κ1) is 12.3. The van der Waals surface area contributed by atoms with Gasteiger partial charge in [0.15, 0.2) is 0 Å². The lowest BCUT2D eigenvalue weighted by atomic mass is 10.2. The second-order valence-corrected chi connectivity index (χ2v) is 2.85. The smallest absolute Gasteiger partial charge is 0.315 e. The number of terminal acetylenes is 1. The number of carbonyl (C=O) groups is 2. The summed E-state index contributed by atoms with van der Waals surface area (Å²) in [6.45, 7) is 1.89. The molecule has 0 bridgehead atoms. The molecule has 2 amide bonds. The van der Waals surface area contributed by atoms with E-state index in [-0.39, 0.29) is 19.0 Å². The van der Waals surface area contributed by atoms with Crippen LogP contribution < -0.4 is 10.6 Å². The van der Waals surface area contributed by atoms with Gasteiger partial charge in [0, 0.05) is 19.0 Å². The molecule has 78 valence electrons. The Morgan fingerprint density at radius 2 is 2.21 bits per heavy atom. The van der Waals surface area contributed by atoms with Gasteiger partial charge in [-0.15, -0.1) is 12.3 Å². The molecule has 0 aliphatic rings. The van der Waals surface area contributed by atoms with E-state index in [9.17, 15) is 9.59 Å². The van der Waals surface area contributed by atoms with Crippen molar-refractivity contribution in [3.05, 3.63) is 0 Å². The van der Waals surface area contributed by atoms with Crippen LogP contribution in [0.2, 0.25) is 0 Å². The Morgan fingerprint density at radius 3 is 2.71 bits per heavy atom. The molecule has 0 heterocycles. The summed E-state index contributed by atoms with van der Waals surface area (Å²) in [5.74, 6) is 1.47. The third-order valence-corrected chi connectivity index (χ3v) is 1.43. The number of hydrogen-bond acceptors (Lipinski definition) is 2. The molecule has 3 N–H and O–H groups in total. The van der Waals surface area contributed by atoms with Gasteiger partial charge in [0.1, 0.15) is 0 Å². The molecule has 0 aromatic rings. The largest absolute Gasteiger partial charge is 0.481 e.